The quantitative estimate of drug-likeness (QED) is 0.412. The van der Waals surface area contributed by atoms with Gasteiger partial charge in [-0.2, -0.15) is 0 Å². The van der Waals surface area contributed by atoms with Crippen molar-refractivity contribution in [2.45, 2.75) is 33.7 Å². The maximum Gasteiger partial charge on any atom is 0.123 e. The Balaban J connectivity index is 1.62. The Hall–Kier alpha value is -3.17. The lowest BCUT2D eigenvalue weighted by atomic mass is 9.98. The van der Waals surface area contributed by atoms with Crippen molar-refractivity contribution in [1.82, 2.24) is 5.32 Å². The zero-order valence-corrected chi connectivity index (χ0v) is 19.3. The highest BCUT2D eigenvalue weighted by Gasteiger charge is 2.24. The fraction of sp³-hybridized carbons (Fsp3) is 0.241. The lowest BCUT2D eigenvalue weighted by Crippen LogP contribution is -2.15. The number of aryl methyl sites for hydroxylation is 1. The van der Waals surface area contributed by atoms with Gasteiger partial charge in [0, 0.05) is 6.54 Å². The number of hydrogen-bond acceptors (Lipinski definition) is 2. The molecule has 0 radical (unpaired) electrons. The SMILES string of the molecule is COc1cc(/C=C2/C(C)=C(CCNCc3ccccc3)c3cc(F)ccc32)cc(C)c1C. The molecule has 0 aliphatic heterocycles. The molecule has 0 bridgehead atoms. The van der Waals surface area contributed by atoms with E-state index in [4.69, 9.17) is 4.74 Å². The van der Waals surface area contributed by atoms with Crippen molar-refractivity contribution in [3.05, 3.63) is 105 Å². The van der Waals surface area contributed by atoms with Gasteiger partial charge in [0.05, 0.1) is 7.11 Å². The molecule has 0 heterocycles. The molecule has 0 fully saturated rings. The Kier molecular flexibility index (Phi) is 6.57. The molecular weight excluding hydrogens is 397 g/mol. The Labute approximate surface area is 190 Å². The number of hydrogen-bond donors (Lipinski definition) is 1. The molecule has 3 heteroatoms. The number of fused-ring (bicyclic) bond motifs is 1. The largest absolute Gasteiger partial charge is 0.496 e. The average Bonchev–Trinajstić information content (AvgIpc) is 3.04. The van der Waals surface area contributed by atoms with Crippen molar-refractivity contribution < 1.29 is 9.13 Å². The number of methoxy groups -OCH3 is 1. The molecule has 0 atom stereocenters. The van der Waals surface area contributed by atoms with Gasteiger partial charge in [-0.1, -0.05) is 42.5 Å². The Bertz CT molecular complexity index is 1190. The molecule has 1 aliphatic carbocycles. The van der Waals surface area contributed by atoms with E-state index in [-0.39, 0.29) is 5.82 Å². The smallest absolute Gasteiger partial charge is 0.123 e. The minimum atomic E-state index is -0.194. The van der Waals surface area contributed by atoms with Crippen LogP contribution in [0.1, 0.15) is 46.7 Å². The topological polar surface area (TPSA) is 21.3 Å². The lowest BCUT2D eigenvalue weighted by molar-refractivity contribution is 0.411. The number of allylic oxidation sites excluding steroid dienone is 2. The third-order valence-electron chi connectivity index (χ3n) is 6.35. The summed E-state index contributed by atoms with van der Waals surface area (Å²) in [6, 6.07) is 19.8. The monoisotopic (exact) mass is 427 g/mol. The van der Waals surface area contributed by atoms with E-state index in [9.17, 15) is 4.39 Å². The van der Waals surface area contributed by atoms with Gasteiger partial charge in [-0.05, 0) is 108 Å². The Morgan fingerprint density at radius 3 is 2.47 bits per heavy atom. The van der Waals surface area contributed by atoms with Crippen LogP contribution in [0.2, 0.25) is 0 Å². The summed E-state index contributed by atoms with van der Waals surface area (Å²) in [7, 11) is 1.71. The van der Waals surface area contributed by atoms with E-state index in [2.05, 4.69) is 68.6 Å². The molecule has 3 aromatic rings. The third kappa shape index (κ3) is 4.53. The van der Waals surface area contributed by atoms with Crippen molar-refractivity contribution in [2.75, 3.05) is 13.7 Å². The van der Waals surface area contributed by atoms with Crippen molar-refractivity contribution in [3.8, 4) is 5.75 Å². The van der Waals surface area contributed by atoms with Crippen LogP contribution in [-0.2, 0) is 6.54 Å². The van der Waals surface area contributed by atoms with Crippen LogP contribution in [0.25, 0.3) is 17.2 Å². The highest BCUT2D eigenvalue weighted by molar-refractivity contribution is 6.05. The van der Waals surface area contributed by atoms with E-state index in [0.717, 1.165) is 53.1 Å². The summed E-state index contributed by atoms with van der Waals surface area (Å²) in [6.45, 7) is 7.99. The Morgan fingerprint density at radius 1 is 0.938 bits per heavy atom. The van der Waals surface area contributed by atoms with Crippen LogP contribution in [0.3, 0.4) is 0 Å². The average molecular weight is 428 g/mol. The van der Waals surface area contributed by atoms with E-state index < -0.39 is 0 Å². The molecule has 0 amide bonds. The second-order valence-electron chi connectivity index (χ2n) is 8.43. The second kappa shape index (κ2) is 9.54. The molecule has 2 nitrogen and oxygen atoms in total. The van der Waals surface area contributed by atoms with Crippen LogP contribution >= 0.6 is 0 Å². The van der Waals surface area contributed by atoms with Gasteiger partial charge in [0.15, 0.2) is 0 Å². The zero-order valence-electron chi connectivity index (χ0n) is 19.3. The zero-order chi connectivity index (χ0) is 22.7. The summed E-state index contributed by atoms with van der Waals surface area (Å²) in [5.74, 6) is 0.696. The first-order valence-corrected chi connectivity index (χ1v) is 11.1. The molecule has 1 aliphatic rings. The standard InChI is InChI=1S/C29H30FNO/c1-19-14-23(16-29(32-4)20(19)2)15-27-21(3)25(28-17-24(30)10-11-26(27)28)12-13-31-18-22-8-6-5-7-9-22/h5-11,14-17,31H,12-13,18H2,1-4H3/b27-15-. The molecule has 0 spiro atoms. The molecule has 32 heavy (non-hydrogen) atoms. The molecule has 0 saturated heterocycles. The number of benzene rings is 3. The van der Waals surface area contributed by atoms with Gasteiger partial charge in [-0.3, -0.25) is 0 Å². The van der Waals surface area contributed by atoms with Gasteiger partial charge < -0.3 is 10.1 Å². The second-order valence-corrected chi connectivity index (χ2v) is 8.43. The van der Waals surface area contributed by atoms with Crippen molar-refractivity contribution >= 4 is 17.2 Å². The molecule has 164 valence electrons. The molecule has 0 unspecified atom stereocenters. The van der Waals surface area contributed by atoms with E-state index in [0.29, 0.717) is 0 Å². The molecular formula is C29H30FNO. The third-order valence-corrected chi connectivity index (χ3v) is 6.35. The van der Waals surface area contributed by atoms with Crippen molar-refractivity contribution in [3.63, 3.8) is 0 Å². The van der Waals surface area contributed by atoms with E-state index >= 15 is 0 Å². The van der Waals surface area contributed by atoms with Gasteiger partial charge in [-0.15, -0.1) is 0 Å². The van der Waals surface area contributed by atoms with Gasteiger partial charge in [0.2, 0.25) is 0 Å². The highest BCUT2D eigenvalue weighted by Crippen LogP contribution is 2.44. The van der Waals surface area contributed by atoms with Gasteiger partial charge >= 0.3 is 0 Å². The first-order valence-electron chi connectivity index (χ1n) is 11.1. The van der Waals surface area contributed by atoms with Crippen LogP contribution < -0.4 is 10.1 Å². The maximum atomic E-state index is 14.1. The summed E-state index contributed by atoms with van der Waals surface area (Å²) in [6.07, 6.45) is 3.05. The summed E-state index contributed by atoms with van der Waals surface area (Å²) >= 11 is 0. The van der Waals surface area contributed by atoms with Gasteiger partial charge in [0.25, 0.3) is 0 Å². The normalized spacial score (nSPS) is 14.2. The van der Waals surface area contributed by atoms with Crippen LogP contribution in [0.15, 0.2) is 66.2 Å². The molecule has 4 rings (SSSR count). The fourth-order valence-corrected chi connectivity index (χ4v) is 4.43. The maximum absolute atomic E-state index is 14.1. The minimum absolute atomic E-state index is 0.194. The van der Waals surface area contributed by atoms with Crippen LogP contribution in [0.5, 0.6) is 5.75 Å². The van der Waals surface area contributed by atoms with Crippen LogP contribution in [-0.4, -0.2) is 13.7 Å². The van der Waals surface area contributed by atoms with Crippen molar-refractivity contribution in [1.29, 1.82) is 0 Å². The summed E-state index contributed by atoms with van der Waals surface area (Å²) in [5, 5.41) is 3.52. The summed E-state index contributed by atoms with van der Waals surface area (Å²) < 4.78 is 19.7. The number of nitrogens with one attached hydrogen (secondary N) is 1. The molecule has 0 saturated carbocycles. The molecule has 0 aromatic heterocycles. The first kappa shape index (κ1) is 22.0. The minimum Gasteiger partial charge on any atom is -0.496 e. The highest BCUT2D eigenvalue weighted by atomic mass is 19.1. The van der Waals surface area contributed by atoms with Crippen LogP contribution in [0.4, 0.5) is 4.39 Å². The Morgan fingerprint density at radius 2 is 1.72 bits per heavy atom. The van der Waals surface area contributed by atoms with Gasteiger partial charge in [-0.25, -0.2) is 4.39 Å². The number of halogens is 1. The van der Waals surface area contributed by atoms with E-state index in [1.54, 1.807) is 19.2 Å². The number of rotatable bonds is 7. The molecule has 3 aromatic carbocycles. The van der Waals surface area contributed by atoms with E-state index in [1.807, 2.05) is 12.1 Å². The van der Waals surface area contributed by atoms with Crippen molar-refractivity contribution in [2.24, 2.45) is 0 Å². The summed E-state index contributed by atoms with van der Waals surface area (Å²) in [4.78, 5) is 0. The number of ether oxygens (including phenoxy) is 1. The predicted octanol–water partition coefficient (Wildman–Crippen LogP) is 6.96. The predicted molar refractivity (Wildman–Crippen MR) is 132 cm³/mol. The van der Waals surface area contributed by atoms with Crippen LogP contribution in [0, 0.1) is 19.7 Å². The lowest BCUT2D eigenvalue weighted by Gasteiger charge is -2.10. The molecule has 1 N–H and O–H groups in total. The van der Waals surface area contributed by atoms with E-state index in [1.165, 1.54) is 22.3 Å². The van der Waals surface area contributed by atoms with Gasteiger partial charge in [0.1, 0.15) is 11.6 Å². The fourth-order valence-electron chi connectivity index (χ4n) is 4.43. The first-order chi connectivity index (χ1) is 15.5. The summed E-state index contributed by atoms with van der Waals surface area (Å²) in [5.41, 5.74) is 10.4.